The molecule has 1 atom stereocenters. The van der Waals surface area contributed by atoms with Gasteiger partial charge in [0.15, 0.2) is 0 Å². The fourth-order valence-corrected chi connectivity index (χ4v) is 3.11. The number of fused-ring (bicyclic) bond motifs is 1. The number of carbonyl (C=O) groups excluding carboxylic acids is 1. The van der Waals surface area contributed by atoms with Crippen molar-refractivity contribution in [3.8, 4) is 0 Å². The van der Waals surface area contributed by atoms with E-state index in [-0.39, 0.29) is 11.5 Å². The number of nitrogens with zero attached hydrogens (tertiary/aromatic N) is 1. The summed E-state index contributed by atoms with van der Waals surface area (Å²) < 4.78 is 4.75. The number of hydrogen-bond donors (Lipinski definition) is 1. The highest BCUT2D eigenvalue weighted by molar-refractivity contribution is 5.95. The Morgan fingerprint density at radius 1 is 1.32 bits per heavy atom. The number of methoxy groups -OCH3 is 1. The maximum absolute atomic E-state index is 12.4. The van der Waals surface area contributed by atoms with Gasteiger partial charge in [0.2, 0.25) is 0 Å². The molecule has 5 nitrogen and oxygen atoms in total. The van der Waals surface area contributed by atoms with Crippen LogP contribution < -0.4 is 10.5 Å². The number of aromatic amines is 1. The molecule has 116 valence electrons. The first-order valence-electron chi connectivity index (χ1n) is 7.62. The van der Waals surface area contributed by atoms with Gasteiger partial charge in [-0.05, 0) is 50.5 Å². The zero-order valence-electron chi connectivity index (χ0n) is 12.9. The Bertz CT molecular complexity index is 766. The SMILES string of the molecule is COC(=O)c1ccc2[nH]c(=O)c(N3CCCC[C@@H]3C)cc2c1. The van der Waals surface area contributed by atoms with Crippen LogP contribution in [0.15, 0.2) is 29.1 Å². The average molecular weight is 300 g/mol. The molecule has 1 aromatic heterocycles. The second-order valence-electron chi connectivity index (χ2n) is 5.82. The van der Waals surface area contributed by atoms with Crippen LogP contribution in [0.5, 0.6) is 0 Å². The average Bonchev–Trinajstić information content (AvgIpc) is 2.54. The van der Waals surface area contributed by atoms with Crippen molar-refractivity contribution in [1.29, 1.82) is 0 Å². The number of rotatable bonds is 2. The number of benzene rings is 1. The Labute approximate surface area is 128 Å². The number of ether oxygens (including phenoxy) is 1. The fraction of sp³-hybridized carbons (Fsp3) is 0.412. The van der Waals surface area contributed by atoms with E-state index in [1.807, 2.05) is 6.07 Å². The minimum Gasteiger partial charge on any atom is -0.465 e. The highest BCUT2D eigenvalue weighted by Crippen LogP contribution is 2.24. The molecule has 1 N–H and O–H groups in total. The summed E-state index contributed by atoms with van der Waals surface area (Å²) in [4.78, 5) is 29.1. The molecule has 5 heteroatoms. The van der Waals surface area contributed by atoms with Gasteiger partial charge in [-0.2, -0.15) is 0 Å². The highest BCUT2D eigenvalue weighted by Gasteiger charge is 2.21. The number of carbonyl (C=O) groups is 1. The molecule has 1 saturated heterocycles. The van der Waals surface area contributed by atoms with Gasteiger partial charge in [0.25, 0.3) is 5.56 Å². The van der Waals surface area contributed by atoms with Crippen molar-refractivity contribution >= 4 is 22.6 Å². The van der Waals surface area contributed by atoms with Gasteiger partial charge >= 0.3 is 5.97 Å². The molecule has 0 saturated carbocycles. The monoisotopic (exact) mass is 300 g/mol. The van der Waals surface area contributed by atoms with Crippen LogP contribution in [-0.4, -0.2) is 30.6 Å². The molecule has 1 aliphatic rings. The first kappa shape index (κ1) is 14.6. The molecular weight excluding hydrogens is 280 g/mol. The van der Waals surface area contributed by atoms with Crippen molar-refractivity contribution in [2.75, 3.05) is 18.6 Å². The Hall–Kier alpha value is -2.30. The van der Waals surface area contributed by atoms with Crippen molar-refractivity contribution in [1.82, 2.24) is 4.98 Å². The van der Waals surface area contributed by atoms with E-state index in [1.54, 1.807) is 18.2 Å². The molecule has 0 unspecified atom stereocenters. The summed E-state index contributed by atoms with van der Waals surface area (Å²) >= 11 is 0. The molecular formula is C17H20N2O3. The molecule has 0 bridgehead atoms. The second kappa shape index (κ2) is 5.83. The molecule has 2 heterocycles. The highest BCUT2D eigenvalue weighted by atomic mass is 16.5. The number of esters is 1. The smallest absolute Gasteiger partial charge is 0.337 e. The first-order chi connectivity index (χ1) is 10.6. The largest absolute Gasteiger partial charge is 0.465 e. The lowest BCUT2D eigenvalue weighted by Gasteiger charge is -2.34. The van der Waals surface area contributed by atoms with Crippen LogP contribution in [-0.2, 0) is 4.74 Å². The summed E-state index contributed by atoms with van der Waals surface area (Å²) in [5.41, 5.74) is 1.82. The predicted octanol–water partition coefficient (Wildman–Crippen LogP) is 2.69. The van der Waals surface area contributed by atoms with Crippen LogP contribution in [0, 0.1) is 0 Å². The van der Waals surface area contributed by atoms with Gasteiger partial charge in [0.05, 0.1) is 12.7 Å². The summed E-state index contributed by atoms with van der Waals surface area (Å²) in [6.07, 6.45) is 3.40. The summed E-state index contributed by atoms with van der Waals surface area (Å²) in [6.45, 7) is 3.04. The van der Waals surface area contributed by atoms with E-state index in [2.05, 4.69) is 16.8 Å². The third-order valence-electron chi connectivity index (χ3n) is 4.36. The van der Waals surface area contributed by atoms with Gasteiger partial charge in [-0.15, -0.1) is 0 Å². The van der Waals surface area contributed by atoms with Crippen LogP contribution >= 0.6 is 0 Å². The molecule has 0 radical (unpaired) electrons. The Morgan fingerprint density at radius 3 is 2.86 bits per heavy atom. The fourth-order valence-electron chi connectivity index (χ4n) is 3.11. The third-order valence-corrected chi connectivity index (χ3v) is 4.36. The molecule has 0 amide bonds. The van der Waals surface area contributed by atoms with E-state index in [4.69, 9.17) is 4.74 Å². The maximum Gasteiger partial charge on any atom is 0.337 e. The molecule has 0 aliphatic carbocycles. The van der Waals surface area contributed by atoms with Crippen LogP contribution in [0.4, 0.5) is 5.69 Å². The number of anilines is 1. The normalized spacial score (nSPS) is 18.5. The molecule has 1 aliphatic heterocycles. The van der Waals surface area contributed by atoms with E-state index in [1.165, 1.54) is 13.5 Å². The number of aromatic nitrogens is 1. The summed E-state index contributed by atoms with van der Waals surface area (Å²) in [5.74, 6) is -0.374. The lowest BCUT2D eigenvalue weighted by atomic mass is 10.0. The van der Waals surface area contributed by atoms with E-state index >= 15 is 0 Å². The van der Waals surface area contributed by atoms with E-state index in [0.29, 0.717) is 17.3 Å². The zero-order valence-corrected chi connectivity index (χ0v) is 12.9. The lowest BCUT2D eigenvalue weighted by molar-refractivity contribution is 0.0601. The first-order valence-corrected chi connectivity index (χ1v) is 7.62. The zero-order chi connectivity index (χ0) is 15.7. The molecule has 22 heavy (non-hydrogen) atoms. The van der Waals surface area contributed by atoms with Crippen molar-refractivity contribution in [2.24, 2.45) is 0 Å². The van der Waals surface area contributed by atoms with E-state index < -0.39 is 0 Å². The van der Waals surface area contributed by atoms with Gasteiger partial charge in [-0.3, -0.25) is 4.79 Å². The van der Waals surface area contributed by atoms with Gasteiger partial charge < -0.3 is 14.6 Å². The van der Waals surface area contributed by atoms with Crippen LogP contribution in [0.3, 0.4) is 0 Å². The number of hydrogen-bond acceptors (Lipinski definition) is 4. The molecule has 0 spiro atoms. The minimum atomic E-state index is -0.374. The van der Waals surface area contributed by atoms with Crippen molar-refractivity contribution in [3.05, 3.63) is 40.2 Å². The van der Waals surface area contributed by atoms with Gasteiger partial charge in [-0.25, -0.2) is 4.79 Å². The predicted molar refractivity (Wildman–Crippen MR) is 86.6 cm³/mol. The quantitative estimate of drug-likeness (QED) is 0.866. The second-order valence-corrected chi connectivity index (χ2v) is 5.82. The Kier molecular flexibility index (Phi) is 3.88. The minimum absolute atomic E-state index is 0.0768. The maximum atomic E-state index is 12.4. The molecule has 1 fully saturated rings. The van der Waals surface area contributed by atoms with Gasteiger partial charge in [-0.1, -0.05) is 0 Å². The van der Waals surface area contributed by atoms with E-state index in [9.17, 15) is 9.59 Å². The van der Waals surface area contributed by atoms with E-state index in [0.717, 1.165) is 30.3 Å². The molecule has 1 aromatic carbocycles. The summed E-state index contributed by atoms with van der Waals surface area (Å²) in [7, 11) is 1.36. The van der Waals surface area contributed by atoms with Crippen LogP contribution in [0.25, 0.3) is 10.9 Å². The van der Waals surface area contributed by atoms with Crippen molar-refractivity contribution in [2.45, 2.75) is 32.2 Å². The Balaban J connectivity index is 2.09. The van der Waals surface area contributed by atoms with Crippen LogP contribution in [0.1, 0.15) is 36.5 Å². The van der Waals surface area contributed by atoms with Crippen LogP contribution in [0.2, 0.25) is 0 Å². The number of piperidine rings is 1. The number of H-pyrrole nitrogens is 1. The van der Waals surface area contributed by atoms with Crippen molar-refractivity contribution < 1.29 is 9.53 Å². The van der Waals surface area contributed by atoms with Gasteiger partial charge in [0.1, 0.15) is 5.69 Å². The molecule has 3 rings (SSSR count). The Morgan fingerprint density at radius 2 is 2.14 bits per heavy atom. The lowest BCUT2D eigenvalue weighted by Crippen LogP contribution is -2.40. The number of nitrogens with one attached hydrogen (secondary N) is 1. The summed E-state index contributed by atoms with van der Waals surface area (Å²) in [5, 5.41) is 0.843. The summed E-state index contributed by atoms with van der Waals surface area (Å²) in [6, 6.07) is 7.40. The third kappa shape index (κ3) is 2.58. The topological polar surface area (TPSA) is 62.4 Å². The molecule has 2 aromatic rings. The van der Waals surface area contributed by atoms with Gasteiger partial charge in [0, 0.05) is 23.5 Å². The number of pyridine rings is 1. The standard InChI is InChI=1S/C17H20N2O3/c1-11-5-3-4-8-19(11)15-10-13-9-12(17(21)22-2)6-7-14(13)18-16(15)20/h6-7,9-11H,3-5,8H2,1-2H3,(H,18,20)/t11-/m0/s1. The van der Waals surface area contributed by atoms with Crippen molar-refractivity contribution in [3.63, 3.8) is 0 Å².